The Hall–Kier alpha value is -3.13. The van der Waals surface area contributed by atoms with E-state index >= 15 is 0 Å². The summed E-state index contributed by atoms with van der Waals surface area (Å²) in [5.74, 6) is 2.13. The molecule has 1 amide bonds. The van der Waals surface area contributed by atoms with Crippen LogP contribution in [0.15, 0.2) is 77.0 Å². The quantitative estimate of drug-likeness (QED) is 0.576. The number of rotatable bonds is 5. The van der Waals surface area contributed by atoms with Crippen LogP contribution in [0.5, 0.6) is 0 Å². The summed E-state index contributed by atoms with van der Waals surface area (Å²) in [5.41, 5.74) is 0. The number of benzene rings is 1. The first-order valence-electron chi connectivity index (χ1n) is 11.5. The number of carbonyl (C=O) groups is 1. The Balaban J connectivity index is 1.23. The van der Waals surface area contributed by atoms with Crippen LogP contribution < -0.4 is 9.80 Å². The van der Waals surface area contributed by atoms with Crippen molar-refractivity contribution in [1.29, 1.82) is 0 Å². The normalized spacial score (nSPS) is 18.9. The molecule has 0 spiro atoms. The van der Waals surface area contributed by atoms with Gasteiger partial charge in [-0.15, -0.1) is 0 Å². The summed E-state index contributed by atoms with van der Waals surface area (Å²) in [6.45, 7) is 4.72. The van der Waals surface area contributed by atoms with Crippen LogP contribution in [-0.4, -0.2) is 65.0 Å². The Morgan fingerprint density at radius 1 is 0.818 bits per heavy atom. The van der Waals surface area contributed by atoms with E-state index in [1.165, 1.54) is 0 Å². The van der Waals surface area contributed by atoms with Crippen molar-refractivity contribution in [2.75, 3.05) is 49.1 Å². The molecule has 2 saturated heterocycles. The summed E-state index contributed by atoms with van der Waals surface area (Å²) in [6.07, 6.45) is 7.21. The van der Waals surface area contributed by atoms with E-state index in [-0.39, 0.29) is 11.8 Å². The highest BCUT2D eigenvalue weighted by molar-refractivity contribution is 7.99. The molecule has 3 aromatic rings. The number of pyridine rings is 1. The lowest BCUT2D eigenvalue weighted by Crippen LogP contribution is -2.53. The molecule has 8 heteroatoms. The summed E-state index contributed by atoms with van der Waals surface area (Å²) in [5, 5.41) is 0.890. The highest BCUT2D eigenvalue weighted by Gasteiger charge is 2.32. The number of hydrogen-bond acceptors (Lipinski definition) is 7. The topological polar surface area (TPSA) is 65.5 Å². The van der Waals surface area contributed by atoms with Gasteiger partial charge in [0.25, 0.3) is 0 Å². The second-order valence-electron chi connectivity index (χ2n) is 8.39. The molecule has 2 aromatic heterocycles. The van der Waals surface area contributed by atoms with Gasteiger partial charge in [-0.05, 0) is 37.1 Å². The lowest BCUT2D eigenvalue weighted by molar-refractivity contribution is -0.136. The second kappa shape index (κ2) is 10.2. The van der Waals surface area contributed by atoms with Gasteiger partial charge >= 0.3 is 0 Å². The van der Waals surface area contributed by atoms with Gasteiger partial charge in [0, 0.05) is 62.8 Å². The first-order chi connectivity index (χ1) is 16.3. The number of piperazine rings is 1. The molecule has 0 saturated carbocycles. The Morgan fingerprint density at radius 3 is 2.39 bits per heavy atom. The van der Waals surface area contributed by atoms with Crippen molar-refractivity contribution >= 4 is 29.3 Å². The molecule has 0 radical (unpaired) electrons. The maximum atomic E-state index is 13.4. The maximum absolute atomic E-state index is 13.4. The average molecular weight is 461 g/mol. The van der Waals surface area contributed by atoms with Crippen LogP contribution in [0.25, 0.3) is 0 Å². The molecule has 2 aliphatic heterocycles. The van der Waals surface area contributed by atoms with E-state index < -0.39 is 0 Å². The standard InChI is InChI=1S/C25H28N6OS/c32-25(30-17-15-29(16-18-30)22-10-4-5-11-26-22)20-7-6-14-31(19-20)23-24(28-13-12-27-23)33-21-8-2-1-3-9-21/h1-5,8-13,20H,6-7,14-19H2. The predicted octanol–water partition coefficient (Wildman–Crippen LogP) is 3.59. The fourth-order valence-corrected chi connectivity index (χ4v) is 5.44. The third-order valence-corrected chi connectivity index (χ3v) is 7.23. The van der Waals surface area contributed by atoms with Crippen molar-refractivity contribution in [3.63, 3.8) is 0 Å². The van der Waals surface area contributed by atoms with Crippen molar-refractivity contribution in [2.45, 2.75) is 22.8 Å². The first-order valence-corrected chi connectivity index (χ1v) is 12.3. The summed E-state index contributed by atoms with van der Waals surface area (Å²) in [7, 11) is 0. The smallest absolute Gasteiger partial charge is 0.227 e. The van der Waals surface area contributed by atoms with Gasteiger partial charge in [0.15, 0.2) is 5.82 Å². The third-order valence-electron chi connectivity index (χ3n) is 6.24. The minimum Gasteiger partial charge on any atom is -0.354 e. The van der Waals surface area contributed by atoms with E-state index in [0.29, 0.717) is 6.54 Å². The molecule has 1 atom stereocenters. The lowest BCUT2D eigenvalue weighted by atomic mass is 9.96. The highest BCUT2D eigenvalue weighted by atomic mass is 32.2. The zero-order valence-corrected chi connectivity index (χ0v) is 19.4. The lowest BCUT2D eigenvalue weighted by Gasteiger charge is -2.39. The van der Waals surface area contributed by atoms with Crippen LogP contribution in [0.2, 0.25) is 0 Å². The van der Waals surface area contributed by atoms with E-state index in [0.717, 1.165) is 67.1 Å². The molecule has 2 aliphatic rings. The Labute approximate surface area is 198 Å². The minimum atomic E-state index is -0.00303. The molecular formula is C25H28N6OS. The average Bonchev–Trinajstić information content (AvgIpc) is 2.90. The number of amides is 1. The van der Waals surface area contributed by atoms with Crippen molar-refractivity contribution in [3.05, 3.63) is 67.1 Å². The molecule has 1 aromatic carbocycles. The number of hydrogen-bond donors (Lipinski definition) is 0. The van der Waals surface area contributed by atoms with E-state index in [2.05, 4.69) is 36.9 Å². The molecule has 0 N–H and O–H groups in total. The summed E-state index contributed by atoms with van der Waals surface area (Å²) < 4.78 is 0. The Kier molecular flexibility index (Phi) is 6.71. The Morgan fingerprint density at radius 2 is 1.61 bits per heavy atom. The van der Waals surface area contributed by atoms with E-state index in [9.17, 15) is 4.79 Å². The van der Waals surface area contributed by atoms with E-state index in [4.69, 9.17) is 0 Å². The van der Waals surface area contributed by atoms with Crippen molar-refractivity contribution in [2.24, 2.45) is 5.92 Å². The van der Waals surface area contributed by atoms with Crippen LogP contribution in [0.4, 0.5) is 11.6 Å². The monoisotopic (exact) mass is 460 g/mol. The van der Waals surface area contributed by atoms with E-state index in [1.54, 1.807) is 24.2 Å². The second-order valence-corrected chi connectivity index (χ2v) is 9.45. The van der Waals surface area contributed by atoms with Gasteiger partial charge in [0.05, 0.1) is 5.92 Å². The van der Waals surface area contributed by atoms with Crippen molar-refractivity contribution in [3.8, 4) is 0 Å². The SMILES string of the molecule is O=C(C1CCCN(c2nccnc2Sc2ccccc2)C1)N1CCN(c2ccccn2)CC1. The summed E-state index contributed by atoms with van der Waals surface area (Å²) >= 11 is 1.62. The van der Waals surface area contributed by atoms with Gasteiger partial charge in [0.1, 0.15) is 10.8 Å². The fourth-order valence-electron chi connectivity index (χ4n) is 4.53. The number of carbonyl (C=O) groups excluding carboxylic acids is 1. The predicted molar refractivity (Wildman–Crippen MR) is 131 cm³/mol. The van der Waals surface area contributed by atoms with E-state index in [1.807, 2.05) is 47.5 Å². The molecule has 170 valence electrons. The molecule has 0 aliphatic carbocycles. The molecule has 7 nitrogen and oxygen atoms in total. The fraction of sp³-hybridized carbons (Fsp3) is 0.360. The molecule has 2 fully saturated rings. The Bertz CT molecular complexity index is 1060. The van der Waals surface area contributed by atoms with Crippen LogP contribution >= 0.6 is 11.8 Å². The maximum Gasteiger partial charge on any atom is 0.227 e. The van der Waals surface area contributed by atoms with Crippen LogP contribution in [0.1, 0.15) is 12.8 Å². The zero-order chi connectivity index (χ0) is 22.5. The molecule has 0 bridgehead atoms. The summed E-state index contributed by atoms with van der Waals surface area (Å²) in [4.78, 5) is 34.7. The minimum absolute atomic E-state index is 0.00303. The molecular weight excluding hydrogens is 432 g/mol. The number of anilines is 2. The molecule has 33 heavy (non-hydrogen) atoms. The van der Waals surface area contributed by atoms with Crippen molar-refractivity contribution < 1.29 is 4.79 Å². The zero-order valence-electron chi connectivity index (χ0n) is 18.6. The van der Waals surface area contributed by atoms with Gasteiger partial charge < -0.3 is 14.7 Å². The van der Waals surface area contributed by atoms with Crippen molar-refractivity contribution in [1.82, 2.24) is 19.9 Å². The van der Waals surface area contributed by atoms with Crippen LogP contribution in [0.3, 0.4) is 0 Å². The van der Waals surface area contributed by atoms with Crippen LogP contribution in [-0.2, 0) is 4.79 Å². The van der Waals surface area contributed by atoms with Gasteiger partial charge in [-0.1, -0.05) is 36.0 Å². The highest BCUT2D eigenvalue weighted by Crippen LogP contribution is 2.34. The molecule has 5 rings (SSSR count). The van der Waals surface area contributed by atoms with Gasteiger partial charge in [0.2, 0.25) is 5.91 Å². The van der Waals surface area contributed by atoms with Gasteiger partial charge in [-0.3, -0.25) is 4.79 Å². The number of nitrogens with zero attached hydrogens (tertiary/aromatic N) is 6. The molecule has 1 unspecified atom stereocenters. The largest absolute Gasteiger partial charge is 0.354 e. The van der Waals surface area contributed by atoms with Gasteiger partial charge in [-0.25, -0.2) is 15.0 Å². The third kappa shape index (κ3) is 5.11. The number of piperidine rings is 1. The number of aromatic nitrogens is 3. The molecule has 4 heterocycles. The summed E-state index contributed by atoms with van der Waals surface area (Å²) in [6, 6.07) is 16.2. The van der Waals surface area contributed by atoms with Crippen LogP contribution in [0, 0.1) is 5.92 Å². The first kappa shape index (κ1) is 21.7. The van der Waals surface area contributed by atoms with Gasteiger partial charge in [-0.2, -0.15) is 0 Å².